The van der Waals surface area contributed by atoms with Crippen molar-refractivity contribution in [2.75, 3.05) is 11.9 Å². The van der Waals surface area contributed by atoms with Crippen LogP contribution in [0.15, 0.2) is 48.7 Å². The maximum atomic E-state index is 11.6. The van der Waals surface area contributed by atoms with Gasteiger partial charge in [-0.3, -0.25) is 4.79 Å². The minimum atomic E-state index is -0.622. The summed E-state index contributed by atoms with van der Waals surface area (Å²) < 4.78 is 5.88. The van der Waals surface area contributed by atoms with Gasteiger partial charge in [0.1, 0.15) is 5.69 Å². The molecular formula is C14H11IN2O3. The number of carbonyl (C=O) groups excluding carboxylic acids is 2. The van der Waals surface area contributed by atoms with E-state index in [1.165, 1.54) is 12.3 Å². The lowest BCUT2D eigenvalue weighted by atomic mass is 10.3. The number of aromatic nitrogens is 1. The monoisotopic (exact) mass is 382 g/mol. The summed E-state index contributed by atoms with van der Waals surface area (Å²) in [7, 11) is 0. The van der Waals surface area contributed by atoms with Gasteiger partial charge in [0.2, 0.25) is 0 Å². The van der Waals surface area contributed by atoms with Gasteiger partial charge >= 0.3 is 5.97 Å². The molecule has 2 rings (SSSR count). The summed E-state index contributed by atoms with van der Waals surface area (Å²) in [5, 5.41) is 2.65. The summed E-state index contributed by atoms with van der Waals surface area (Å²) >= 11 is 2.15. The van der Waals surface area contributed by atoms with Crippen LogP contribution in [0.3, 0.4) is 0 Å². The predicted octanol–water partition coefficient (Wildman–Crippen LogP) is 2.48. The number of amides is 1. The zero-order valence-corrected chi connectivity index (χ0v) is 12.5. The van der Waals surface area contributed by atoms with E-state index < -0.39 is 11.9 Å². The van der Waals surface area contributed by atoms with Gasteiger partial charge < -0.3 is 10.1 Å². The number of esters is 1. The maximum Gasteiger partial charge on any atom is 0.357 e. The number of halogens is 1. The van der Waals surface area contributed by atoms with Crippen LogP contribution >= 0.6 is 22.6 Å². The first-order valence-electron chi connectivity index (χ1n) is 5.79. The van der Waals surface area contributed by atoms with E-state index >= 15 is 0 Å². The molecule has 0 radical (unpaired) electrons. The SMILES string of the molecule is O=C(COC(=O)c1ccccn1)Nc1cccc(I)c1. The van der Waals surface area contributed by atoms with Crippen molar-refractivity contribution in [1.29, 1.82) is 0 Å². The van der Waals surface area contributed by atoms with Crippen molar-refractivity contribution in [3.05, 3.63) is 57.9 Å². The molecule has 2 aromatic rings. The van der Waals surface area contributed by atoms with Crippen molar-refractivity contribution in [2.45, 2.75) is 0 Å². The van der Waals surface area contributed by atoms with Crippen molar-refractivity contribution >= 4 is 40.2 Å². The average molecular weight is 382 g/mol. The van der Waals surface area contributed by atoms with Crippen LogP contribution in [0.1, 0.15) is 10.5 Å². The van der Waals surface area contributed by atoms with Crippen LogP contribution in [0.25, 0.3) is 0 Å². The Bertz CT molecular complexity index is 617. The minimum Gasteiger partial charge on any atom is -0.451 e. The highest BCUT2D eigenvalue weighted by molar-refractivity contribution is 14.1. The predicted molar refractivity (Wildman–Crippen MR) is 82.3 cm³/mol. The highest BCUT2D eigenvalue weighted by Crippen LogP contribution is 2.12. The molecule has 102 valence electrons. The Morgan fingerprint density at radius 1 is 1.20 bits per heavy atom. The van der Waals surface area contributed by atoms with E-state index in [0.29, 0.717) is 5.69 Å². The van der Waals surface area contributed by atoms with E-state index in [1.807, 2.05) is 18.2 Å². The number of rotatable bonds is 4. The summed E-state index contributed by atoms with van der Waals surface area (Å²) in [4.78, 5) is 27.1. The fraction of sp³-hybridized carbons (Fsp3) is 0.0714. The molecule has 1 N–H and O–H groups in total. The molecule has 0 atom stereocenters. The fourth-order valence-electron chi connectivity index (χ4n) is 1.45. The van der Waals surface area contributed by atoms with Gasteiger partial charge in [-0.1, -0.05) is 12.1 Å². The normalized spacial score (nSPS) is 9.85. The minimum absolute atomic E-state index is 0.176. The van der Waals surface area contributed by atoms with Gasteiger partial charge in [0, 0.05) is 15.5 Å². The fourth-order valence-corrected chi connectivity index (χ4v) is 1.99. The Hall–Kier alpha value is -1.96. The van der Waals surface area contributed by atoms with Gasteiger partial charge in [0.05, 0.1) is 0 Å². The molecular weight excluding hydrogens is 371 g/mol. The average Bonchev–Trinajstić information content (AvgIpc) is 2.46. The Kier molecular flexibility index (Phi) is 5.05. The zero-order chi connectivity index (χ0) is 14.4. The van der Waals surface area contributed by atoms with Crippen molar-refractivity contribution in [1.82, 2.24) is 4.98 Å². The lowest BCUT2D eigenvalue weighted by molar-refractivity contribution is -0.119. The lowest BCUT2D eigenvalue weighted by Crippen LogP contribution is -2.21. The van der Waals surface area contributed by atoms with Crippen LogP contribution in [0.4, 0.5) is 5.69 Å². The molecule has 1 heterocycles. The second-order valence-corrected chi connectivity index (χ2v) is 5.10. The number of carbonyl (C=O) groups is 2. The van der Waals surface area contributed by atoms with E-state index in [2.05, 4.69) is 32.9 Å². The number of anilines is 1. The first-order chi connectivity index (χ1) is 9.65. The second-order valence-electron chi connectivity index (χ2n) is 3.85. The smallest absolute Gasteiger partial charge is 0.357 e. The van der Waals surface area contributed by atoms with Gasteiger partial charge in [0.25, 0.3) is 5.91 Å². The van der Waals surface area contributed by atoms with E-state index in [-0.39, 0.29) is 12.3 Å². The third-order valence-corrected chi connectivity index (χ3v) is 2.99. The van der Waals surface area contributed by atoms with Crippen LogP contribution in [0.5, 0.6) is 0 Å². The van der Waals surface area contributed by atoms with Crippen molar-refractivity contribution in [3.63, 3.8) is 0 Å². The molecule has 1 amide bonds. The van der Waals surface area contributed by atoms with E-state index in [4.69, 9.17) is 4.74 Å². The van der Waals surface area contributed by atoms with Crippen LogP contribution in [0.2, 0.25) is 0 Å². The summed E-state index contributed by atoms with van der Waals surface area (Å²) in [5.41, 5.74) is 0.838. The summed E-state index contributed by atoms with van der Waals surface area (Å²) in [6.45, 7) is -0.346. The van der Waals surface area contributed by atoms with Crippen LogP contribution in [0, 0.1) is 3.57 Å². The molecule has 0 bridgehead atoms. The Labute approximate surface area is 129 Å². The molecule has 0 spiro atoms. The van der Waals surface area contributed by atoms with Gasteiger partial charge in [-0.05, 0) is 52.9 Å². The number of benzene rings is 1. The van der Waals surface area contributed by atoms with Crippen LogP contribution in [-0.4, -0.2) is 23.5 Å². The molecule has 1 aromatic carbocycles. The van der Waals surface area contributed by atoms with E-state index in [0.717, 1.165) is 3.57 Å². The number of hydrogen-bond acceptors (Lipinski definition) is 4. The molecule has 5 nitrogen and oxygen atoms in total. The number of pyridine rings is 1. The van der Waals surface area contributed by atoms with Gasteiger partial charge in [0.15, 0.2) is 6.61 Å². The third kappa shape index (κ3) is 4.30. The van der Waals surface area contributed by atoms with Gasteiger partial charge in [-0.15, -0.1) is 0 Å². The molecule has 0 saturated carbocycles. The van der Waals surface area contributed by atoms with Crippen molar-refractivity contribution in [3.8, 4) is 0 Å². The molecule has 1 aromatic heterocycles. The summed E-state index contributed by atoms with van der Waals surface area (Å²) in [6, 6.07) is 12.2. The molecule has 0 unspecified atom stereocenters. The number of nitrogens with one attached hydrogen (secondary N) is 1. The molecule has 6 heteroatoms. The number of ether oxygens (including phenoxy) is 1. The molecule has 0 saturated heterocycles. The van der Waals surface area contributed by atoms with Crippen LogP contribution in [-0.2, 0) is 9.53 Å². The van der Waals surface area contributed by atoms with E-state index in [1.54, 1.807) is 18.2 Å². The van der Waals surface area contributed by atoms with Gasteiger partial charge in [-0.2, -0.15) is 0 Å². The first kappa shape index (κ1) is 14.4. The first-order valence-corrected chi connectivity index (χ1v) is 6.86. The number of hydrogen-bond donors (Lipinski definition) is 1. The van der Waals surface area contributed by atoms with E-state index in [9.17, 15) is 9.59 Å². The standard InChI is InChI=1S/C14H11IN2O3/c15-10-4-3-5-11(8-10)17-13(18)9-20-14(19)12-6-1-2-7-16-12/h1-8H,9H2,(H,17,18). The molecule has 0 fully saturated rings. The molecule has 0 aliphatic carbocycles. The largest absolute Gasteiger partial charge is 0.451 e. The lowest BCUT2D eigenvalue weighted by Gasteiger charge is -2.06. The maximum absolute atomic E-state index is 11.6. The Morgan fingerprint density at radius 2 is 2.05 bits per heavy atom. The quantitative estimate of drug-likeness (QED) is 0.652. The van der Waals surface area contributed by atoms with Gasteiger partial charge in [-0.25, -0.2) is 9.78 Å². The third-order valence-electron chi connectivity index (χ3n) is 2.32. The Morgan fingerprint density at radius 3 is 2.75 bits per heavy atom. The molecule has 0 aliphatic rings. The Balaban J connectivity index is 1.85. The number of nitrogens with zero attached hydrogens (tertiary/aromatic N) is 1. The van der Waals surface area contributed by atoms with Crippen LogP contribution < -0.4 is 5.32 Å². The second kappa shape index (κ2) is 6.99. The van der Waals surface area contributed by atoms with Crippen molar-refractivity contribution < 1.29 is 14.3 Å². The highest BCUT2D eigenvalue weighted by Gasteiger charge is 2.10. The van der Waals surface area contributed by atoms with Crippen molar-refractivity contribution in [2.24, 2.45) is 0 Å². The highest BCUT2D eigenvalue weighted by atomic mass is 127. The topological polar surface area (TPSA) is 68.3 Å². The summed E-state index contributed by atoms with van der Waals surface area (Å²) in [5.74, 6) is -1.01. The molecule has 20 heavy (non-hydrogen) atoms. The summed E-state index contributed by atoms with van der Waals surface area (Å²) in [6.07, 6.45) is 1.49. The zero-order valence-electron chi connectivity index (χ0n) is 10.4. The molecule has 0 aliphatic heterocycles.